The van der Waals surface area contributed by atoms with Crippen molar-refractivity contribution in [3.63, 3.8) is 0 Å². The van der Waals surface area contributed by atoms with Crippen molar-refractivity contribution in [2.75, 3.05) is 6.61 Å². The van der Waals surface area contributed by atoms with Crippen LogP contribution in [-0.2, 0) is 4.79 Å². The fraction of sp³-hybridized carbons (Fsp3) is 0.814. The first kappa shape index (κ1) is 61.1. The summed E-state index contributed by atoms with van der Waals surface area (Å²) in [6, 6.07) is -0.643. The van der Waals surface area contributed by atoms with E-state index < -0.39 is 12.1 Å². The number of carbonyl (C=O) groups excluding carboxylic acids is 1. The summed E-state index contributed by atoms with van der Waals surface area (Å²) in [7, 11) is 0. The SMILES string of the molecule is CCCCCCC/C=C\C/C=C\C/C=C\CCCCCCCCCCCCCCC(=O)NC(CO)C(O)/C=C/CC/C=C/CCCCCCCCCCCCCCCCCCCC. The predicted octanol–water partition coefficient (Wildman–Crippen LogP) is 18.4. The molecular formula is C59H109NO3. The first-order valence-corrected chi connectivity index (χ1v) is 28.0. The maximum absolute atomic E-state index is 12.5. The lowest BCUT2D eigenvalue weighted by Crippen LogP contribution is -2.45. The summed E-state index contributed by atoms with van der Waals surface area (Å²) in [6.07, 6.45) is 76.6. The highest BCUT2D eigenvalue weighted by atomic mass is 16.3. The molecule has 0 aromatic heterocycles. The summed E-state index contributed by atoms with van der Waals surface area (Å²) in [4.78, 5) is 12.5. The first-order valence-electron chi connectivity index (χ1n) is 28.0. The maximum Gasteiger partial charge on any atom is 0.220 e. The van der Waals surface area contributed by atoms with Crippen LogP contribution in [0.3, 0.4) is 0 Å². The second kappa shape index (κ2) is 54.4. The molecule has 0 aliphatic carbocycles. The second-order valence-corrected chi connectivity index (χ2v) is 19.0. The third-order valence-corrected chi connectivity index (χ3v) is 12.7. The quantitative estimate of drug-likeness (QED) is 0.0421. The van der Waals surface area contributed by atoms with Crippen LogP contribution in [0.4, 0.5) is 0 Å². The van der Waals surface area contributed by atoms with E-state index in [1.807, 2.05) is 6.08 Å². The van der Waals surface area contributed by atoms with Crippen LogP contribution >= 0.6 is 0 Å². The van der Waals surface area contributed by atoms with E-state index in [0.29, 0.717) is 6.42 Å². The van der Waals surface area contributed by atoms with Crippen molar-refractivity contribution >= 4 is 5.91 Å². The van der Waals surface area contributed by atoms with E-state index in [2.05, 4.69) is 67.8 Å². The lowest BCUT2D eigenvalue weighted by molar-refractivity contribution is -0.123. The average Bonchev–Trinajstić information content (AvgIpc) is 3.29. The van der Waals surface area contributed by atoms with Gasteiger partial charge in [-0.15, -0.1) is 0 Å². The minimum absolute atomic E-state index is 0.0744. The van der Waals surface area contributed by atoms with Crippen molar-refractivity contribution in [3.8, 4) is 0 Å². The monoisotopic (exact) mass is 880 g/mol. The van der Waals surface area contributed by atoms with Crippen LogP contribution in [0.2, 0.25) is 0 Å². The van der Waals surface area contributed by atoms with Crippen molar-refractivity contribution in [2.24, 2.45) is 0 Å². The number of aliphatic hydroxyl groups is 2. The molecule has 4 heteroatoms. The molecule has 368 valence electrons. The Kier molecular flexibility index (Phi) is 52.8. The highest BCUT2D eigenvalue weighted by Gasteiger charge is 2.18. The second-order valence-electron chi connectivity index (χ2n) is 19.0. The Labute approximate surface area is 394 Å². The molecule has 0 fully saturated rings. The predicted molar refractivity (Wildman–Crippen MR) is 281 cm³/mol. The van der Waals surface area contributed by atoms with Gasteiger partial charge < -0.3 is 15.5 Å². The fourth-order valence-electron chi connectivity index (χ4n) is 8.44. The van der Waals surface area contributed by atoms with Gasteiger partial charge in [-0.05, 0) is 70.6 Å². The molecule has 2 atom stereocenters. The number of hydrogen-bond donors (Lipinski definition) is 3. The van der Waals surface area contributed by atoms with Gasteiger partial charge >= 0.3 is 0 Å². The van der Waals surface area contributed by atoms with Gasteiger partial charge in [0.05, 0.1) is 18.8 Å². The largest absolute Gasteiger partial charge is 0.394 e. The maximum atomic E-state index is 12.5. The van der Waals surface area contributed by atoms with E-state index in [0.717, 1.165) is 44.9 Å². The smallest absolute Gasteiger partial charge is 0.220 e. The van der Waals surface area contributed by atoms with Crippen molar-refractivity contribution < 1.29 is 15.0 Å². The Balaban J connectivity index is 3.55. The number of carbonyl (C=O) groups is 1. The van der Waals surface area contributed by atoms with Crippen LogP contribution in [0.25, 0.3) is 0 Å². The van der Waals surface area contributed by atoms with Gasteiger partial charge in [0, 0.05) is 6.42 Å². The Morgan fingerprint density at radius 3 is 1.03 bits per heavy atom. The van der Waals surface area contributed by atoms with E-state index in [9.17, 15) is 15.0 Å². The van der Waals surface area contributed by atoms with Gasteiger partial charge in [-0.25, -0.2) is 0 Å². The molecule has 0 bridgehead atoms. The van der Waals surface area contributed by atoms with Crippen molar-refractivity contribution in [1.29, 1.82) is 0 Å². The summed E-state index contributed by atoms with van der Waals surface area (Å²) in [5.41, 5.74) is 0. The van der Waals surface area contributed by atoms with Gasteiger partial charge in [0.15, 0.2) is 0 Å². The van der Waals surface area contributed by atoms with E-state index >= 15 is 0 Å². The molecule has 0 aliphatic rings. The zero-order chi connectivity index (χ0) is 45.6. The molecule has 0 saturated heterocycles. The first-order chi connectivity index (χ1) is 31.2. The number of amides is 1. The average molecular weight is 881 g/mol. The number of unbranched alkanes of at least 4 members (excludes halogenated alkanes) is 36. The number of rotatable bonds is 51. The van der Waals surface area contributed by atoms with E-state index in [-0.39, 0.29) is 12.5 Å². The van der Waals surface area contributed by atoms with Crippen LogP contribution in [0.5, 0.6) is 0 Å². The van der Waals surface area contributed by atoms with E-state index in [1.165, 1.54) is 225 Å². The summed E-state index contributed by atoms with van der Waals surface area (Å²) >= 11 is 0. The molecule has 4 nitrogen and oxygen atoms in total. The molecule has 0 spiro atoms. The van der Waals surface area contributed by atoms with Crippen LogP contribution in [-0.4, -0.2) is 34.9 Å². The summed E-state index contributed by atoms with van der Waals surface area (Å²) in [5, 5.41) is 23.1. The molecule has 0 aromatic carbocycles. The van der Waals surface area contributed by atoms with Gasteiger partial charge in [0.2, 0.25) is 5.91 Å². The van der Waals surface area contributed by atoms with Gasteiger partial charge in [-0.3, -0.25) is 4.79 Å². The summed E-state index contributed by atoms with van der Waals surface area (Å²) in [5.74, 6) is -0.0744. The minimum Gasteiger partial charge on any atom is -0.394 e. The molecule has 0 heterocycles. The third-order valence-electron chi connectivity index (χ3n) is 12.7. The summed E-state index contributed by atoms with van der Waals surface area (Å²) < 4.78 is 0. The number of nitrogens with one attached hydrogen (secondary N) is 1. The molecule has 1 amide bonds. The molecule has 3 N–H and O–H groups in total. The normalized spacial score (nSPS) is 13.3. The van der Waals surface area contributed by atoms with E-state index in [1.54, 1.807) is 6.08 Å². The lowest BCUT2D eigenvalue weighted by Gasteiger charge is -2.19. The molecule has 0 aliphatic heterocycles. The Bertz CT molecular complexity index is 1040. The fourth-order valence-corrected chi connectivity index (χ4v) is 8.44. The van der Waals surface area contributed by atoms with Gasteiger partial charge in [0.25, 0.3) is 0 Å². The molecule has 0 rings (SSSR count). The number of hydrogen-bond acceptors (Lipinski definition) is 3. The van der Waals surface area contributed by atoms with Crippen molar-refractivity contribution in [1.82, 2.24) is 5.32 Å². The highest BCUT2D eigenvalue weighted by Crippen LogP contribution is 2.16. The van der Waals surface area contributed by atoms with Crippen molar-refractivity contribution in [3.05, 3.63) is 60.8 Å². The van der Waals surface area contributed by atoms with Gasteiger partial charge in [-0.2, -0.15) is 0 Å². The molecule has 63 heavy (non-hydrogen) atoms. The molecule has 0 radical (unpaired) electrons. The van der Waals surface area contributed by atoms with Gasteiger partial charge in [-0.1, -0.05) is 274 Å². The third kappa shape index (κ3) is 50.9. The topological polar surface area (TPSA) is 69.6 Å². The standard InChI is InChI=1S/C59H109NO3/c1-3-5-7-9-11-13-15-17-19-21-23-25-27-29-30-31-33-35-37-39-41-43-45-47-49-51-53-55-59(63)60-57(56-61)58(62)54-52-50-48-46-44-42-40-38-36-34-32-28-26-24-22-20-18-16-14-12-10-8-6-4-2/h15,17,21,23,27,29,44,46,52,54,57-58,61-62H,3-14,16,18-20,22,24-26,28,30-43,45,47-51,53,55-56H2,1-2H3,(H,60,63)/b17-15-,23-21-,29-27-,46-44+,54-52+. The molecule has 0 saturated carbocycles. The molecule has 2 unspecified atom stereocenters. The number of allylic oxidation sites excluding steroid dienone is 9. The Morgan fingerprint density at radius 2 is 0.667 bits per heavy atom. The highest BCUT2D eigenvalue weighted by molar-refractivity contribution is 5.76. The Morgan fingerprint density at radius 1 is 0.381 bits per heavy atom. The lowest BCUT2D eigenvalue weighted by atomic mass is 10.0. The Hall–Kier alpha value is -1.91. The zero-order valence-electron chi connectivity index (χ0n) is 42.3. The van der Waals surface area contributed by atoms with E-state index in [4.69, 9.17) is 0 Å². The summed E-state index contributed by atoms with van der Waals surface area (Å²) in [6.45, 7) is 4.31. The van der Waals surface area contributed by atoms with Gasteiger partial charge in [0.1, 0.15) is 0 Å². The molecule has 0 aromatic rings. The van der Waals surface area contributed by atoms with Crippen molar-refractivity contribution in [2.45, 2.75) is 302 Å². The van der Waals surface area contributed by atoms with Crippen LogP contribution in [0.15, 0.2) is 60.8 Å². The van der Waals surface area contributed by atoms with Crippen LogP contribution in [0, 0.1) is 0 Å². The molecular weight excluding hydrogens is 771 g/mol. The minimum atomic E-state index is -0.866. The van der Waals surface area contributed by atoms with Crippen LogP contribution in [0.1, 0.15) is 290 Å². The number of aliphatic hydroxyl groups excluding tert-OH is 2. The zero-order valence-corrected chi connectivity index (χ0v) is 42.3. The van der Waals surface area contributed by atoms with Crippen LogP contribution < -0.4 is 5.32 Å².